The van der Waals surface area contributed by atoms with Crippen molar-refractivity contribution in [2.45, 2.75) is 26.6 Å². The number of amides is 1. The number of fused-ring (bicyclic) bond motifs is 1. The van der Waals surface area contributed by atoms with Gasteiger partial charge in [0.2, 0.25) is 0 Å². The molecular weight excluding hydrogens is 441 g/mol. The summed E-state index contributed by atoms with van der Waals surface area (Å²) in [5.41, 5.74) is 2.23. The molecule has 0 fully saturated rings. The minimum absolute atomic E-state index is 0.0651. The molecular formula is C23H18ClF3N4O. The first-order chi connectivity index (χ1) is 15.1. The molecule has 1 N–H and O–H groups in total. The van der Waals surface area contributed by atoms with Crippen molar-refractivity contribution in [2.75, 3.05) is 0 Å². The highest BCUT2D eigenvalue weighted by molar-refractivity contribution is 6.30. The fourth-order valence-electron chi connectivity index (χ4n) is 3.21. The number of hydrogen-bond donors (Lipinski definition) is 1. The van der Waals surface area contributed by atoms with E-state index >= 15 is 0 Å². The first kappa shape index (κ1) is 21.8. The number of alkyl halides is 3. The van der Waals surface area contributed by atoms with Crippen LogP contribution in [-0.2, 0) is 12.7 Å². The molecule has 0 saturated heterocycles. The molecule has 164 valence electrons. The van der Waals surface area contributed by atoms with E-state index in [0.29, 0.717) is 15.1 Å². The Morgan fingerprint density at radius 3 is 2.41 bits per heavy atom. The summed E-state index contributed by atoms with van der Waals surface area (Å²) in [5.74, 6) is -0.605. The maximum Gasteiger partial charge on any atom is 0.433 e. The summed E-state index contributed by atoms with van der Waals surface area (Å²) in [6.45, 7) is 3.98. The number of nitrogens with one attached hydrogen (secondary N) is 1. The Labute approximate surface area is 186 Å². The number of aryl methyl sites for hydroxylation is 2. The van der Waals surface area contributed by atoms with E-state index < -0.39 is 17.8 Å². The van der Waals surface area contributed by atoms with E-state index in [2.05, 4.69) is 15.4 Å². The maximum atomic E-state index is 13.8. The number of hydrogen-bond acceptors (Lipinski definition) is 3. The van der Waals surface area contributed by atoms with Crippen molar-refractivity contribution in [3.05, 3.63) is 87.7 Å². The SMILES string of the molecule is Cc1ccc(-c2cc(C(F)(F)F)n3nc(C(=O)NCc4ccc(Cl)cc4)cc3n2)cc1C. The first-order valence-electron chi connectivity index (χ1n) is 9.70. The van der Waals surface area contributed by atoms with Gasteiger partial charge in [-0.1, -0.05) is 35.9 Å². The summed E-state index contributed by atoms with van der Waals surface area (Å²) >= 11 is 5.84. The molecule has 1 amide bonds. The van der Waals surface area contributed by atoms with Crippen LogP contribution >= 0.6 is 11.6 Å². The second-order valence-electron chi connectivity index (χ2n) is 7.43. The summed E-state index contributed by atoms with van der Waals surface area (Å²) < 4.78 is 42.0. The van der Waals surface area contributed by atoms with Gasteiger partial charge in [-0.25, -0.2) is 9.50 Å². The number of nitrogens with zero attached hydrogens (tertiary/aromatic N) is 3. The Morgan fingerprint density at radius 1 is 1.03 bits per heavy atom. The van der Waals surface area contributed by atoms with Crippen LogP contribution in [0.5, 0.6) is 0 Å². The van der Waals surface area contributed by atoms with Crippen LogP contribution in [-0.4, -0.2) is 20.5 Å². The molecule has 2 aromatic carbocycles. The third kappa shape index (κ3) is 4.45. The maximum absolute atomic E-state index is 13.8. The van der Waals surface area contributed by atoms with Crippen LogP contribution in [0.25, 0.3) is 16.9 Å². The quantitative estimate of drug-likeness (QED) is 0.432. The molecule has 0 aliphatic carbocycles. The number of carbonyl (C=O) groups excluding carboxylic acids is 1. The second kappa shape index (κ2) is 8.27. The fraction of sp³-hybridized carbons (Fsp3) is 0.174. The number of halogens is 4. The molecule has 5 nitrogen and oxygen atoms in total. The second-order valence-corrected chi connectivity index (χ2v) is 7.87. The van der Waals surface area contributed by atoms with Crippen molar-refractivity contribution in [3.8, 4) is 11.3 Å². The summed E-state index contributed by atoms with van der Waals surface area (Å²) in [4.78, 5) is 16.9. The summed E-state index contributed by atoms with van der Waals surface area (Å²) in [7, 11) is 0. The van der Waals surface area contributed by atoms with Gasteiger partial charge < -0.3 is 5.32 Å². The van der Waals surface area contributed by atoms with E-state index in [-0.39, 0.29) is 23.6 Å². The number of benzene rings is 2. The van der Waals surface area contributed by atoms with E-state index in [9.17, 15) is 18.0 Å². The fourth-order valence-corrected chi connectivity index (χ4v) is 3.34. The largest absolute Gasteiger partial charge is 0.433 e. The van der Waals surface area contributed by atoms with Gasteiger partial charge in [0.15, 0.2) is 17.0 Å². The van der Waals surface area contributed by atoms with Crippen LogP contribution < -0.4 is 5.32 Å². The van der Waals surface area contributed by atoms with E-state index in [1.165, 1.54) is 6.07 Å². The molecule has 4 rings (SSSR count). The van der Waals surface area contributed by atoms with Gasteiger partial charge in [-0.3, -0.25) is 4.79 Å². The van der Waals surface area contributed by atoms with Gasteiger partial charge in [0.25, 0.3) is 5.91 Å². The van der Waals surface area contributed by atoms with Gasteiger partial charge in [0.05, 0.1) is 5.69 Å². The predicted molar refractivity (Wildman–Crippen MR) is 116 cm³/mol. The van der Waals surface area contributed by atoms with Crippen LogP contribution in [0.15, 0.2) is 54.6 Å². The third-order valence-corrected chi connectivity index (χ3v) is 5.37. The molecule has 0 saturated carbocycles. The Kier molecular flexibility index (Phi) is 5.64. The summed E-state index contributed by atoms with van der Waals surface area (Å²) in [5, 5.41) is 7.08. The van der Waals surface area contributed by atoms with Crippen LogP contribution in [0.1, 0.15) is 32.9 Å². The van der Waals surface area contributed by atoms with Crippen molar-refractivity contribution in [3.63, 3.8) is 0 Å². The highest BCUT2D eigenvalue weighted by Crippen LogP contribution is 2.32. The Bertz CT molecular complexity index is 1310. The molecule has 4 aromatic rings. The minimum atomic E-state index is -4.68. The monoisotopic (exact) mass is 458 g/mol. The Morgan fingerprint density at radius 2 is 1.75 bits per heavy atom. The van der Waals surface area contributed by atoms with Crippen LogP contribution in [0.3, 0.4) is 0 Å². The first-order valence-corrected chi connectivity index (χ1v) is 10.1. The van der Waals surface area contributed by atoms with Crippen molar-refractivity contribution < 1.29 is 18.0 Å². The molecule has 2 heterocycles. The molecule has 0 bridgehead atoms. The molecule has 2 aromatic heterocycles. The Hall–Kier alpha value is -3.39. The number of carbonyl (C=O) groups is 1. The van der Waals surface area contributed by atoms with Crippen LogP contribution in [0.2, 0.25) is 5.02 Å². The van der Waals surface area contributed by atoms with Gasteiger partial charge in [-0.15, -0.1) is 0 Å². The molecule has 0 atom stereocenters. The molecule has 0 unspecified atom stereocenters. The van der Waals surface area contributed by atoms with Gasteiger partial charge in [0, 0.05) is 23.2 Å². The highest BCUT2D eigenvalue weighted by Gasteiger charge is 2.35. The van der Waals surface area contributed by atoms with Gasteiger partial charge in [0.1, 0.15) is 0 Å². The average Bonchev–Trinajstić information content (AvgIpc) is 3.18. The van der Waals surface area contributed by atoms with Crippen molar-refractivity contribution in [1.82, 2.24) is 19.9 Å². The lowest BCUT2D eigenvalue weighted by Gasteiger charge is -2.11. The summed E-state index contributed by atoms with van der Waals surface area (Å²) in [6.07, 6.45) is -4.68. The van der Waals surface area contributed by atoms with Crippen LogP contribution in [0, 0.1) is 13.8 Å². The lowest BCUT2D eigenvalue weighted by molar-refractivity contribution is -0.142. The van der Waals surface area contributed by atoms with Gasteiger partial charge in [-0.05, 0) is 54.8 Å². The minimum Gasteiger partial charge on any atom is -0.347 e. The van der Waals surface area contributed by atoms with Gasteiger partial charge in [-0.2, -0.15) is 18.3 Å². The topological polar surface area (TPSA) is 59.3 Å². The lowest BCUT2D eigenvalue weighted by Crippen LogP contribution is -2.23. The molecule has 0 radical (unpaired) electrons. The zero-order valence-corrected chi connectivity index (χ0v) is 17.9. The standard InChI is InChI=1S/C23H18ClF3N4O/c1-13-3-6-16(9-14(13)2)18-10-20(23(25,26)27)31-21(29-18)11-19(30-31)22(32)28-12-15-4-7-17(24)8-5-15/h3-11H,12H2,1-2H3,(H,28,32). The van der Waals surface area contributed by atoms with E-state index in [0.717, 1.165) is 22.8 Å². The predicted octanol–water partition coefficient (Wildman–Crippen LogP) is 5.62. The molecule has 0 aliphatic rings. The average molecular weight is 459 g/mol. The van der Waals surface area contributed by atoms with Crippen LogP contribution in [0.4, 0.5) is 13.2 Å². The third-order valence-electron chi connectivity index (χ3n) is 5.12. The number of aromatic nitrogens is 3. The highest BCUT2D eigenvalue weighted by atomic mass is 35.5. The van der Waals surface area contributed by atoms with E-state index in [4.69, 9.17) is 11.6 Å². The normalized spacial score (nSPS) is 11.7. The molecule has 0 spiro atoms. The molecule has 9 heteroatoms. The lowest BCUT2D eigenvalue weighted by atomic mass is 10.0. The smallest absolute Gasteiger partial charge is 0.347 e. The zero-order chi connectivity index (χ0) is 23.0. The molecule has 32 heavy (non-hydrogen) atoms. The van der Waals surface area contributed by atoms with Crippen molar-refractivity contribution in [2.24, 2.45) is 0 Å². The van der Waals surface area contributed by atoms with E-state index in [1.807, 2.05) is 19.9 Å². The Balaban J connectivity index is 1.70. The molecule has 0 aliphatic heterocycles. The summed E-state index contributed by atoms with van der Waals surface area (Å²) in [6, 6.07) is 14.4. The van der Waals surface area contributed by atoms with Crippen molar-refractivity contribution in [1.29, 1.82) is 0 Å². The van der Waals surface area contributed by atoms with Gasteiger partial charge >= 0.3 is 6.18 Å². The van der Waals surface area contributed by atoms with E-state index in [1.54, 1.807) is 36.4 Å². The zero-order valence-electron chi connectivity index (χ0n) is 17.2. The number of rotatable bonds is 4. The van der Waals surface area contributed by atoms with Crippen molar-refractivity contribution >= 4 is 23.2 Å².